The van der Waals surface area contributed by atoms with Crippen molar-refractivity contribution in [3.05, 3.63) is 82.0 Å². The van der Waals surface area contributed by atoms with Gasteiger partial charge in [0.05, 0.1) is 17.3 Å². The second kappa shape index (κ2) is 8.72. The lowest BCUT2D eigenvalue weighted by Crippen LogP contribution is -2.39. The number of carbonyl (C=O) groups excluding carboxylic acids is 1. The van der Waals surface area contributed by atoms with Gasteiger partial charge in [-0.05, 0) is 35.7 Å². The Balaban J connectivity index is 1.42. The number of pyridine rings is 1. The SMILES string of the molecule is O=C(CNc1ccccc1Oc1ncc(Cl)cc1Cl)N1CCc2ccccc2C1. The second-order valence-corrected chi connectivity index (χ2v) is 7.57. The van der Waals surface area contributed by atoms with E-state index in [1.807, 2.05) is 35.2 Å². The van der Waals surface area contributed by atoms with E-state index >= 15 is 0 Å². The minimum atomic E-state index is 0.0388. The van der Waals surface area contributed by atoms with Crippen molar-refractivity contribution in [2.45, 2.75) is 13.0 Å². The molecule has 1 amide bonds. The summed E-state index contributed by atoms with van der Waals surface area (Å²) < 4.78 is 5.83. The van der Waals surface area contributed by atoms with Crippen LogP contribution in [-0.2, 0) is 17.8 Å². The summed E-state index contributed by atoms with van der Waals surface area (Å²) in [5.74, 6) is 0.822. The first-order valence-electron chi connectivity index (χ1n) is 9.26. The second-order valence-electron chi connectivity index (χ2n) is 6.73. The number of nitrogens with one attached hydrogen (secondary N) is 1. The van der Waals surface area contributed by atoms with E-state index in [-0.39, 0.29) is 18.3 Å². The maximum atomic E-state index is 12.7. The fraction of sp³-hybridized carbons (Fsp3) is 0.182. The molecule has 1 aliphatic heterocycles. The maximum Gasteiger partial charge on any atom is 0.242 e. The van der Waals surface area contributed by atoms with Gasteiger partial charge in [-0.15, -0.1) is 0 Å². The van der Waals surface area contributed by atoms with E-state index < -0.39 is 0 Å². The first-order valence-corrected chi connectivity index (χ1v) is 10.0. The smallest absolute Gasteiger partial charge is 0.242 e. The summed E-state index contributed by atoms with van der Waals surface area (Å²) in [6.45, 7) is 1.53. The number of hydrogen-bond donors (Lipinski definition) is 1. The van der Waals surface area contributed by atoms with Crippen LogP contribution in [0.2, 0.25) is 10.0 Å². The number of aromatic nitrogens is 1. The van der Waals surface area contributed by atoms with Crippen LogP contribution in [0, 0.1) is 0 Å². The number of carbonyl (C=O) groups is 1. The fourth-order valence-electron chi connectivity index (χ4n) is 3.27. The average Bonchev–Trinajstić information content (AvgIpc) is 2.74. The van der Waals surface area contributed by atoms with Crippen LogP contribution in [0.4, 0.5) is 5.69 Å². The Morgan fingerprint density at radius 1 is 1.10 bits per heavy atom. The first kappa shape index (κ1) is 19.6. The predicted molar refractivity (Wildman–Crippen MR) is 115 cm³/mol. The number of anilines is 1. The normalized spacial score (nSPS) is 13.0. The topological polar surface area (TPSA) is 54.5 Å². The van der Waals surface area contributed by atoms with Crippen molar-refractivity contribution in [1.82, 2.24) is 9.88 Å². The molecule has 1 aromatic heterocycles. The third kappa shape index (κ3) is 4.63. The van der Waals surface area contributed by atoms with Crippen molar-refractivity contribution < 1.29 is 9.53 Å². The van der Waals surface area contributed by atoms with Crippen molar-refractivity contribution >= 4 is 34.8 Å². The van der Waals surface area contributed by atoms with E-state index in [4.69, 9.17) is 27.9 Å². The third-order valence-electron chi connectivity index (χ3n) is 4.78. The number of ether oxygens (including phenoxy) is 1. The number of halogens is 2. The predicted octanol–water partition coefficient (Wildman–Crippen LogP) is 5.18. The number of rotatable bonds is 5. The summed E-state index contributed by atoms with van der Waals surface area (Å²) in [4.78, 5) is 18.7. The van der Waals surface area contributed by atoms with Gasteiger partial charge < -0.3 is 15.0 Å². The van der Waals surface area contributed by atoms with Gasteiger partial charge in [0.2, 0.25) is 11.8 Å². The molecule has 0 aliphatic carbocycles. The van der Waals surface area contributed by atoms with Crippen LogP contribution >= 0.6 is 23.2 Å². The summed E-state index contributed by atoms with van der Waals surface area (Å²) in [5, 5.41) is 3.92. The fourth-order valence-corrected chi connectivity index (χ4v) is 3.69. The number of benzene rings is 2. The van der Waals surface area contributed by atoms with Crippen LogP contribution in [0.5, 0.6) is 11.6 Å². The molecule has 148 valence electrons. The van der Waals surface area contributed by atoms with Crippen LogP contribution < -0.4 is 10.1 Å². The van der Waals surface area contributed by atoms with Crippen LogP contribution in [0.25, 0.3) is 0 Å². The molecular formula is C22H19Cl2N3O2. The molecule has 0 fully saturated rings. The van der Waals surface area contributed by atoms with E-state index in [2.05, 4.69) is 22.4 Å². The van der Waals surface area contributed by atoms with Crippen LogP contribution in [0.15, 0.2) is 60.8 Å². The molecule has 0 spiro atoms. The minimum absolute atomic E-state index is 0.0388. The summed E-state index contributed by atoms with van der Waals surface area (Å²) >= 11 is 12.0. The van der Waals surface area contributed by atoms with Gasteiger partial charge >= 0.3 is 0 Å². The molecule has 3 aromatic rings. The van der Waals surface area contributed by atoms with E-state index in [1.54, 1.807) is 12.1 Å². The van der Waals surface area contributed by atoms with Gasteiger partial charge in [-0.3, -0.25) is 4.79 Å². The number of hydrogen-bond acceptors (Lipinski definition) is 4. The van der Waals surface area contributed by atoms with E-state index in [0.29, 0.717) is 28.0 Å². The molecule has 0 bridgehead atoms. The summed E-state index contributed by atoms with van der Waals surface area (Å²) in [5.41, 5.74) is 3.21. The van der Waals surface area contributed by atoms with Crippen LogP contribution in [-0.4, -0.2) is 28.9 Å². The van der Waals surface area contributed by atoms with Crippen molar-refractivity contribution in [3.63, 3.8) is 0 Å². The molecule has 0 saturated carbocycles. The standard InChI is InChI=1S/C22H19Cl2N3O2/c23-17-11-18(24)22(26-12-17)29-20-8-4-3-7-19(20)25-13-21(28)27-10-9-15-5-1-2-6-16(15)14-27/h1-8,11-12,25H,9-10,13-14H2. The van der Waals surface area contributed by atoms with Gasteiger partial charge in [0.15, 0.2) is 5.75 Å². The van der Waals surface area contributed by atoms with Crippen molar-refractivity contribution in [2.24, 2.45) is 0 Å². The molecule has 7 heteroatoms. The molecule has 0 atom stereocenters. The van der Waals surface area contributed by atoms with Gasteiger partial charge in [-0.25, -0.2) is 4.98 Å². The molecule has 29 heavy (non-hydrogen) atoms. The van der Waals surface area contributed by atoms with E-state index in [1.165, 1.54) is 17.3 Å². The number of fused-ring (bicyclic) bond motifs is 1. The minimum Gasteiger partial charge on any atom is -0.435 e. The lowest BCUT2D eigenvalue weighted by atomic mass is 10.00. The molecule has 1 N–H and O–H groups in total. The van der Waals surface area contributed by atoms with Gasteiger partial charge in [0, 0.05) is 19.3 Å². The highest BCUT2D eigenvalue weighted by molar-refractivity contribution is 6.35. The molecule has 2 aromatic carbocycles. The molecule has 5 nitrogen and oxygen atoms in total. The highest BCUT2D eigenvalue weighted by Gasteiger charge is 2.20. The van der Waals surface area contributed by atoms with Crippen molar-refractivity contribution in [3.8, 4) is 11.6 Å². The Labute approximate surface area is 179 Å². The van der Waals surface area contributed by atoms with Gasteiger partial charge in [-0.2, -0.15) is 0 Å². The molecule has 2 heterocycles. The number of para-hydroxylation sites is 2. The summed E-state index contributed by atoms with van der Waals surface area (Å²) in [6.07, 6.45) is 2.35. The third-order valence-corrected chi connectivity index (χ3v) is 5.26. The quantitative estimate of drug-likeness (QED) is 0.609. The van der Waals surface area contributed by atoms with E-state index in [0.717, 1.165) is 13.0 Å². The summed E-state index contributed by atoms with van der Waals surface area (Å²) in [6, 6.07) is 17.2. The van der Waals surface area contributed by atoms with Crippen LogP contribution in [0.3, 0.4) is 0 Å². The average molecular weight is 428 g/mol. The van der Waals surface area contributed by atoms with Gasteiger partial charge in [-0.1, -0.05) is 59.6 Å². The molecular weight excluding hydrogens is 409 g/mol. The molecule has 1 aliphatic rings. The van der Waals surface area contributed by atoms with Crippen molar-refractivity contribution in [1.29, 1.82) is 0 Å². The zero-order valence-electron chi connectivity index (χ0n) is 15.6. The maximum absolute atomic E-state index is 12.7. The molecule has 4 rings (SSSR count). The lowest BCUT2D eigenvalue weighted by Gasteiger charge is -2.29. The Hall–Kier alpha value is -2.76. The Morgan fingerprint density at radius 2 is 1.86 bits per heavy atom. The lowest BCUT2D eigenvalue weighted by molar-refractivity contribution is -0.130. The zero-order chi connectivity index (χ0) is 20.2. The monoisotopic (exact) mass is 427 g/mol. The molecule has 0 radical (unpaired) electrons. The largest absolute Gasteiger partial charge is 0.435 e. The summed E-state index contributed by atoms with van der Waals surface area (Å²) in [7, 11) is 0. The van der Waals surface area contributed by atoms with Crippen LogP contribution in [0.1, 0.15) is 11.1 Å². The number of nitrogens with zero attached hydrogens (tertiary/aromatic N) is 2. The highest BCUT2D eigenvalue weighted by atomic mass is 35.5. The van der Waals surface area contributed by atoms with E-state index in [9.17, 15) is 4.79 Å². The van der Waals surface area contributed by atoms with Crippen molar-refractivity contribution in [2.75, 3.05) is 18.4 Å². The first-order chi connectivity index (χ1) is 14.1. The molecule has 0 saturated heterocycles. The number of amides is 1. The highest BCUT2D eigenvalue weighted by Crippen LogP contribution is 2.33. The Kier molecular flexibility index (Phi) is 5.88. The Bertz CT molecular complexity index is 1040. The van der Waals surface area contributed by atoms with Gasteiger partial charge in [0.1, 0.15) is 5.02 Å². The zero-order valence-corrected chi connectivity index (χ0v) is 17.1. The van der Waals surface area contributed by atoms with Gasteiger partial charge in [0.25, 0.3) is 0 Å². The molecule has 0 unspecified atom stereocenters. The Morgan fingerprint density at radius 3 is 2.69 bits per heavy atom.